The largest absolute Gasteiger partial charge is 0.480 e. The Morgan fingerprint density at radius 1 is 1.73 bits per heavy atom. The van der Waals surface area contributed by atoms with Crippen LogP contribution < -0.4 is 0 Å². The van der Waals surface area contributed by atoms with Crippen molar-refractivity contribution in [2.45, 2.75) is 32.2 Å². The molecule has 3 heteroatoms. The van der Waals surface area contributed by atoms with Gasteiger partial charge in [0.2, 0.25) is 0 Å². The van der Waals surface area contributed by atoms with Gasteiger partial charge in [-0.25, -0.2) is 0 Å². The molecule has 0 bridgehead atoms. The molecule has 0 spiro atoms. The maximum absolute atomic E-state index is 10.5. The van der Waals surface area contributed by atoms with Crippen LogP contribution in [0.2, 0.25) is 0 Å². The van der Waals surface area contributed by atoms with Gasteiger partial charge in [0.1, 0.15) is 6.04 Å². The Kier molecular flexibility index (Phi) is 2.88. The molecular formula is C8H15NO2. The predicted molar refractivity (Wildman–Crippen MR) is 42.5 cm³/mol. The minimum atomic E-state index is -0.660. The molecule has 1 aliphatic heterocycles. The van der Waals surface area contributed by atoms with E-state index in [9.17, 15) is 4.79 Å². The molecular weight excluding hydrogens is 142 g/mol. The van der Waals surface area contributed by atoms with Crippen LogP contribution in [-0.2, 0) is 4.79 Å². The quantitative estimate of drug-likeness (QED) is 0.660. The van der Waals surface area contributed by atoms with Gasteiger partial charge < -0.3 is 5.11 Å². The fourth-order valence-corrected chi connectivity index (χ4v) is 1.35. The average molecular weight is 157 g/mol. The number of rotatable bonds is 4. The molecule has 1 unspecified atom stereocenters. The molecule has 0 aliphatic carbocycles. The number of aliphatic carboxylic acids is 1. The molecule has 0 aromatic rings. The van der Waals surface area contributed by atoms with E-state index in [1.807, 2.05) is 4.90 Å². The van der Waals surface area contributed by atoms with Crippen LogP contribution in [0.15, 0.2) is 0 Å². The van der Waals surface area contributed by atoms with E-state index in [-0.39, 0.29) is 6.04 Å². The highest BCUT2D eigenvalue weighted by Gasteiger charge is 2.32. The van der Waals surface area contributed by atoms with Crippen LogP contribution in [0.4, 0.5) is 0 Å². The van der Waals surface area contributed by atoms with Crippen LogP contribution in [0.25, 0.3) is 0 Å². The van der Waals surface area contributed by atoms with Gasteiger partial charge >= 0.3 is 5.97 Å². The first-order chi connectivity index (χ1) is 5.25. The highest BCUT2D eigenvalue weighted by molar-refractivity contribution is 5.74. The zero-order valence-electron chi connectivity index (χ0n) is 6.92. The Hall–Kier alpha value is -0.570. The molecule has 3 nitrogen and oxygen atoms in total. The lowest BCUT2D eigenvalue weighted by Gasteiger charge is -2.37. The van der Waals surface area contributed by atoms with E-state index in [2.05, 4.69) is 6.92 Å². The number of likely N-dealkylation sites (tertiary alicyclic amines) is 1. The lowest BCUT2D eigenvalue weighted by atomic mass is 10.0. The van der Waals surface area contributed by atoms with E-state index in [1.54, 1.807) is 0 Å². The van der Waals surface area contributed by atoms with E-state index in [0.717, 1.165) is 32.4 Å². The first kappa shape index (κ1) is 8.53. The molecule has 1 saturated heterocycles. The number of hydrogen-bond donors (Lipinski definition) is 1. The van der Waals surface area contributed by atoms with Crippen molar-refractivity contribution in [3.63, 3.8) is 0 Å². The van der Waals surface area contributed by atoms with Gasteiger partial charge in [-0.15, -0.1) is 0 Å². The summed E-state index contributed by atoms with van der Waals surface area (Å²) in [6.07, 6.45) is 3.09. The van der Waals surface area contributed by atoms with Gasteiger partial charge in [0.05, 0.1) is 0 Å². The number of carbonyl (C=O) groups is 1. The summed E-state index contributed by atoms with van der Waals surface area (Å²) in [6, 6.07) is -0.179. The third-order valence-corrected chi connectivity index (χ3v) is 2.21. The molecule has 1 heterocycles. The van der Waals surface area contributed by atoms with Gasteiger partial charge in [-0.3, -0.25) is 9.69 Å². The molecule has 1 N–H and O–H groups in total. The minimum absolute atomic E-state index is 0.179. The number of nitrogens with zero attached hydrogens (tertiary/aromatic N) is 1. The highest BCUT2D eigenvalue weighted by atomic mass is 16.4. The second-order valence-electron chi connectivity index (χ2n) is 3.03. The molecule has 1 aliphatic rings. The standard InChI is InChI=1S/C8H15NO2/c1-2-3-5-9-6-4-7(9)8(10)11/h7H,2-6H2,1H3,(H,10,11). The monoisotopic (exact) mass is 157 g/mol. The summed E-state index contributed by atoms with van der Waals surface area (Å²) in [5.41, 5.74) is 0. The number of carboxylic acid groups (broad SMARTS) is 1. The Balaban J connectivity index is 2.20. The van der Waals surface area contributed by atoms with Crippen LogP contribution in [0, 0.1) is 0 Å². The molecule has 1 rings (SSSR count). The van der Waals surface area contributed by atoms with Crippen LogP contribution in [0.3, 0.4) is 0 Å². The molecule has 1 fully saturated rings. The summed E-state index contributed by atoms with van der Waals surface area (Å²) in [5, 5.41) is 8.66. The number of unbranched alkanes of at least 4 members (excludes halogenated alkanes) is 1. The first-order valence-corrected chi connectivity index (χ1v) is 4.22. The molecule has 0 radical (unpaired) electrons. The maximum atomic E-state index is 10.5. The van der Waals surface area contributed by atoms with E-state index in [0.29, 0.717) is 0 Å². The zero-order valence-corrected chi connectivity index (χ0v) is 6.92. The zero-order chi connectivity index (χ0) is 8.27. The second-order valence-corrected chi connectivity index (χ2v) is 3.03. The minimum Gasteiger partial charge on any atom is -0.480 e. The fraction of sp³-hybridized carbons (Fsp3) is 0.875. The maximum Gasteiger partial charge on any atom is 0.320 e. The summed E-state index contributed by atoms with van der Waals surface area (Å²) in [6.45, 7) is 4.04. The Labute approximate surface area is 67.0 Å². The molecule has 0 amide bonds. The third kappa shape index (κ3) is 1.93. The molecule has 11 heavy (non-hydrogen) atoms. The van der Waals surface area contributed by atoms with Crippen molar-refractivity contribution in [2.75, 3.05) is 13.1 Å². The SMILES string of the molecule is CCCCN1CCC1C(=O)O. The van der Waals surface area contributed by atoms with Crippen molar-refractivity contribution in [3.05, 3.63) is 0 Å². The third-order valence-electron chi connectivity index (χ3n) is 2.21. The van der Waals surface area contributed by atoms with Gasteiger partial charge in [-0.05, 0) is 19.4 Å². The van der Waals surface area contributed by atoms with Gasteiger partial charge in [-0.1, -0.05) is 13.3 Å². The van der Waals surface area contributed by atoms with Crippen molar-refractivity contribution >= 4 is 5.97 Å². The van der Waals surface area contributed by atoms with Gasteiger partial charge in [0.25, 0.3) is 0 Å². The lowest BCUT2D eigenvalue weighted by molar-refractivity contribution is -0.148. The van der Waals surface area contributed by atoms with Gasteiger partial charge in [-0.2, -0.15) is 0 Å². The van der Waals surface area contributed by atoms with Crippen LogP contribution in [0.1, 0.15) is 26.2 Å². The van der Waals surface area contributed by atoms with Crippen molar-refractivity contribution in [1.82, 2.24) is 4.90 Å². The fourth-order valence-electron chi connectivity index (χ4n) is 1.35. The summed E-state index contributed by atoms with van der Waals surface area (Å²) >= 11 is 0. The molecule has 0 aromatic heterocycles. The topological polar surface area (TPSA) is 40.5 Å². The Bertz CT molecular complexity index is 147. The van der Waals surface area contributed by atoms with Gasteiger partial charge in [0.15, 0.2) is 0 Å². The van der Waals surface area contributed by atoms with Gasteiger partial charge in [0, 0.05) is 6.54 Å². The predicted octanol–water partition coefficient (Wildman–Crippen LogP) is 0.945. The van der Waals surface area contributed by atoms with Crippen molar-refractivity contribution in [1.29, 1.82) is 0 Å². The average Bonchev–Trinajstić information content (AvgIpc) is 1.84. The van der Waals surface area contributed by atoms with Crippen LogP contribution in [0.5, 0.6) is 0 Å². The summed E-state index contributed by atoms with van der Waals surface area (Å²) in [5.74, 6) is -0.660. The van der Waals surface area contributed by atoms with Crippen molar-refractivity contribution < 1.29 is 9.90 Å². The lowest BCUT2D eigenvalue weighted by Crippen LogP contribution is -2.52. The van der Waals surface area contributed by atoms with Crippen molar-refractivity contribution in [3.8, 4) is 0 Å². The van der Waals surface area contributed by atoms with E-state index in [1.165, 1.54) is 0 Å². The summed E-state index contributed by atoms with van der Waals surface area (Å²) in [7, 11) is 0. The van der Waals surface area contributed by atoms with Crippen LogP contribution >= 0.6 is 0 Å². The molecule has 64 valence electrons. The summed E-state index contributed by atoms with van der Waals surface area (Å²) < 4.78 is 0. The number of hydrogen-bond acceptors (Lipinski definition) is 2. The highest BCUT2D eigenvalue weighted by Crippen LogP contribution is 2.17. The molecule has 0 aromatic carbocycles. The molecule has 0 saturated carbocycles. The Morgan fingerprint density at radius 3 is 2.82 bits per heavy atom. The number of carboxylic acids is 1. The van der Waals surface area contributed by atoms with E-state index in [4.69, 9.17) is 5.11 Å². The molecule has 1 atom stereocenters. The normalized spacial score (nSPS) is 24.6. The second kappa shape index (κ2) is 3.72. The summed E-state index contributed by atoms with van der Waals surface area (Å²) in [4.78, 5) is 12.5. The van der Waals surface area contributed by atoms with Crippen molar-refractivity contribution in [2.24, 2.45) is 0 Å². The Morgan fingerprint density at radius 2 is 2.45 bits per heavy atom. The smallest absolute Gasteiger partial charge is 0.320 e. The van der Waals surface area contributed by atoms with E-state index < -0.39 is 5.97 Å². The van der Waals surface area contributed by atoms with E-state index >= 15 is 0 Å². The first-order valence-electron chi connectivity index (χ1n) is 4.22. The van der Waals surface area contributed by atoms with Crippen LogP contribution in [-0.4, -0.2) is 35.1 Å².